The monoisotopic (exact) mass is 312 g/mol. The van der Waals surface area contributed by atoms with Crippen molar-refractivity contribution in [3.05, 3.63) is 29.3 Å². The first-order valence-corrected chi connectivity index (χ1v) is 7.97. The SMILES string of the molecule is CCCC1CCC(Nc2c(F)cc(C(N)=S)cc2F)CC1. The smallest absolute Gasteiger partial charge is 0.150 e. The van der Waals surface area contributed by atoms with Gasteiger partial charge in [0.1, 0.15) is 22.3 Å². The molecule has 1 aromatic carbocycles. The van der Waals surface area contributed by atoms with Crippen LogP contribution < -0.4 is 11.1 Å². The summed E-state index contributed by atoms with van der Waals surface area (Å²) in [4.78, 5) is -0.000534. The van der Waals surface area contributed by atoms with Gasteiger partial charge >= 0.3 is 0 Å². The number of hydrogen-bond acceptors (Lipinski definition) is 2. The van der Waals surface area contributed by atoms with E-state index in [4.69, 9.17) is 18.0 Å². The lowest BCUT2D eigenvalue weighted by molar-refractivity contribution is 0.318. The summed E-state index contributed by atoms with van der Waals surface area (Å²) in [5.41, 5.74) is 5.57. The van der Waals surface area contributed by atoms with Crippen molar-refractivity contribution >= 4 is 22.9 Å². The van der Waals surface area contributed by atoms with Gasteiger partial charge in [0.15, 0.2) is 0 Å². The highest BCUT2D eigenvalue weighted by molar-refractivity contribution is 7.80. The van der Waals surface area contributed by atoms with Crippen LogP contribution in [0.1, 0.15) is 51.0 Å². The highest BCUT2D eigenvalue weighted by Crippen LogP contribution is 2.31. The first-order chi connectivity index (χ1) is 10.0. The van der Waals surface area contributed by atoms with Gasteiger partial charge in [-0.3, -0.25) is 0 Å². The molecular formula is C16H22F2N2S. The average molecular weight is 312 g/mol. The van der Waals surface area contributed by atoms with Gasteiger partial charge < -0.3 is 11.1 Å². The van der Waals surface area contributed by atoms with Crippen LogP contribution in [0.4, 0.5) is 14.5 Å². The second-order valence-corrected chi connectivity index (χ2v) is 6.27. The van der Waals surface area contributed by atoms with Crippen molar-refractivity contribution in [3.63, 3.8) is 0 Å². The second-order valence-electron chi connectivity index (χ2n) is 5.83. The molecule has 2 rings (SSSR count). The molecule has 0 atom stereocenters. The Balaban J connectivity index is 2.02. The third-order valence-corrected chi connectivity index (χ3v) is 4.45. The van der Waals surface area contributed by atoms with Crippen LogP contribution in [0.2, 0.25) is 0 Å². The molecule has 0 radical (unpaired) electrons. The maximum Gasteiger partial charge on any atom is 0.150 e. The molecule has 0 aliphatic heterocycles. The molecule has 0 spiro atoms. The molecule has 0 saturated heterocycles. The summed E-state index contributed by atoms with van der Waals surface area (Å²) < 4.78 is 28.0. The Hall–Kier alpha value is -1.23. The highest BCUT2D eigenvalue weighted by Gasteiger charge is 2.22. The van der Waals surface area contributed by atoms with Crippen LogP contribution in [0.25, 0.3) is 0 Å². The van der Waals surface area contributed by atoms with Gasteiger partial charge in [-0.25, -0.2) is 8.78 Å². The standard InChI is InChI=1S/C16H22F2N2S/c1-2-3-10-4-6-12(7-5-10)20-15-13(17)8-11(16(19)21)9-14(15)18/h8-10,12,20H,2-7H2,1H3,(H2,19,21). The largest absolute Gasteiger partial charge is 0.389 e. The van der Waals surface area contributed by atoms with Crippen molar-refractivity contribution in [2.45, 2.75) is 51.5 Å². The Morgan fingerprint density at radius 2 is 1.81 bits per heavy atom. The highest BCUT2D eigenvalue weighted by atomic mass is 32.1. The van der Waals surface area contributed by atoms with Crippen molar-refractivity contribution in [3.8, 4) is 0 Å². The molecule has 3 N–H and O–H groups in total. The van der Waals surface area contributed by atoms with E-state index in [1.54, 1.807) is 0 Å². The van der Waals surface area contributed by atoms with Crippen molar-refractivity contribution in [1.29, 1.82) is 0 Å². The predicted octanol–water partition coefficient (Wildman–Crippen LogP) is 4.37. The Morgan fingerprint density at radius 3 is 2.29 bits per heavy atom. The summed E-state index contributed by atoms with van der Waals surface area (Å²) in [6, 6.07) is 2.52. The molecule has 5 heteroatoms. The van der Waals surface area contributed by atoms with Gasteiger partial charge in [0.2, 0.25) is 0 Å². The van der Waals surface area contributed by atoms with E-state index in [1.807, 2.05) is 0 Å². The zero-order valence-electron chi connectivity index (χ0n) is 12.3. The molecule has 1 aromatic rings. The molecule has 1 aliphatic carbocycles. The molecule has 0 amide bonds. The van der Waals surface area contributed by atoms with Gasteiger partial charge in [-0.05, 0) is 43.7 Å². The third-order valence-electron chi connectivity index (χ3n) is 4.22. The lowest BCUT2D eigenvalue weighted by atomic mass is 9.83. The fourth-order valence-electron chi connectivity index (χ4n) is 3.06. The topological polar surface area (TPSA) is 38.0 Å². The maximum atomic E-state index is 14.0. The number of hydrogen-bond donors (Lipinski definition) is 2. The molecule has 1 fully saturated rings. The maximum absolute atomic E-state index is 14.0. The second kappa shape index (κ2) is 7.16. The Kier molecular flexibility index (Phi) is 5.51. The molecule has 1 aliphatic rings. The van der Waals surface area contributed by atoms with Gasteiger partial charge in [-0.1, -0.05) is 32.0 Å². The van der Waals surface area contributed by atoms with Gasteiger partial charge in [-0.15, -0.1) is 0 Å². The quantitative estimate of drug-likeness (QED) is 0.793. The summed E-state index contributed by atoms with van der Waals surface area (Å²) >= 11 is 4.75. The minimum Gasteiger partial charge on any atom is -0.389 e. The zero-order valence-corrected chi connectivity index (χ0v) is 13.1. The predicted molar refractivity (Wildman–Crippen MR) is 86.5 cm³/mol. The first kappa shape index (κ1) is 16.1. The molecule has 116 valence electrons. The van der Waals surface area contributed by atoms with Gasteiger partial charge in [0.25, 0.3) is 0 Å². The van der Waals surface area contributed by atoms with E-state index in [-0.39, 0.29) is 22.3 Å². The number of rotatable bonds is 5. The number of anilines is 1. The van der Waals surface area contributed by atoms with E-state index in [1.165, 1.54) is 25.0 Å². The van der Waals surface area contributed by atoms with E-state index < -0.39 is 11.6 Å². The van der Waals surface area contributed by atoms with Gasteiger partial charge in [-0.2, -0.15) is 0 Å². The Morgan fingerprint density at radius 1 is 1.24 bits per heavy atom. The molecule has 0 bridgehead atoms. The summed E-state index contributed by atoms with van der Waals surface area (Å²) in [5, 5.41) is 3.01. The zero-order chi connectivity index (χ0) is 15.4. The van der Waals surface area contributed by atoms with E-state index in [0.29, 0.717) is 0 Å². The number of nitrogens with one attached hydrogen (secondary N) is 1. The first-order valence-electron chi connectivity index (χ1n) is 7.56. The molecule has 2 nitrogen and oxygen atoms in total. The van der Waals surface area contributed by atoms with Crippen molar-refractivity contribution in [2.75, 3.05) is 5.32 Å². The minimum absolute atomic E-state index is 0.000534. The lowest BCUT2D eigenvalue weighted by Crippen LogP contribution is -2.27. The van der Waals surface area contributed by atoms with Crippen LogP contribution in [0.3, 0.4) is 0 Å². The van der Waals surface area contributed by atoms with Gasteiger partial charge in [0.05, 0.1) is 0 Å². The molecular weight excluding hydrogens is 290 g/mol. The minimum atomic E-state index is -0.631. The van der Waals surface area contributed by atoms with Crippen molar-refractivity contribution < 1.29 is 8.78 Å². The summed E-state index contributed by atoms with van der Waals surface area (Å²) in [6.45, 7) is 2.19. The Bertz CT molecular complexity index is 488. The van der Waals surface area contributed by atoms with E-state index in [0.717, 1.165) is 31.6 Å². The fourth-order valence-corrected chi connectivity index (χ4v) is 3.18. The third kappa shape index (κ3) is 4.13. The molecule has 0 aromatic heterocycles. The number of halogens is 2. The van der Waals surface area contributed by atoms with Crippen molar-refractivity contribution in [2.24, 2.45) is 11.7 Å². The summed E-state index contributed by atoms with van der Waals surface area (Å²) in [5.74, 6) is -0.498. The summed E-state index contributed by atoms with van der Waals surface area (Å²) in [7, 11) is 0. The van der Waals surface area contributed by atoms with Crippen LogP contribution in [0, 0.1) is 17.6 Å². The van der Waals surface area contributed by atoms with Crippen molar-refractivity contribution in [1.82, 2.24) is 0 Å². The molecule has 1 saturated carbocycles. The molecule has 21 heavy (non-hydrogen) atoms. The van der Waals surface area contributed by atoms with E-state index in [9.17, 15) is 8.78 Å². The fraction of sp³-hybridized carbons (Fsp3) is 0.562. The normalized spacial score (nSPS) is 22.0. The van der Waals surface area contributed by atoms with E-state index >= 15 is 0 Å². The molecule has 0 heterocycles. The Labute approximate surface area is 130 Å². The average Bonchev–Trinajstić information content (AvgIpc) is 2.44. The van der Waals surface area contributed by atoms with Gasteiger partial charge in [0, 0.05) is 11.6 Å². The number of thiocarbonyl (C=S) groups is 1. The molecule has 0 unspecified atom stereocenters. The van der Waals surface area contributed by atoms with E-state index in [2.05, 4.69) is 12.2 Å². The van der Waals surface area contributed by atoms with Crippen LogP contribution in [-0.4, -0.2) is 11.0 Å². The lowest BCUT2D eigenvalue weighted by Gasteiger charge is -2.29. The van der Waals surface area contributed by atoms with Crippen LogP contribution in [0.15, 0.2) is 12.1 Å². The van der Waals surface area contributed by atoms with Crippen LogP contribution in [0.5, 0.6) is 0 Å². The number of benzene rings is 1. The summed E-state index contributed by atoms with van der Waals surface area (Å²) in [6.07, 6.45) is 6.62. The van der Waals surface area contributed by atoms with Crippen LogP contribution >= 0.6 is 12.2 Å². The van der Waals surface area contributed by atoms with Crippen LogP contribution in [-0.2, 0) is 0 Å². The number of nitrogens with two attached hydrogens (primary N) is 1.